The molecule has 7 heteroatoms. The predicted octanol–water partition coefficient (Wildman–Crippen LogP) is 2.99. The van der Waals surface area contributed by atoms with Crippen molar-refractivity contribution in [3.05, 3.63) is 45.2 Å². The highest BCUT2D eigenvalue weighted by Gasteiger charge is 2.12. The van der Waals surface area contributed by atoms with Crippen molar-refractivity contribution in [3.8, 4) is 5.75 Å². The summed E-state index contributed by atoms with van der Waals surface area (Å²) in [5, 5.41) is 11.2. The minimum absolute atomic E-state index is 0.653. The SMILES string of the molecule is COc1ccc(C=NN2CCOCC2)cc1Cn1nc(C)c(Br)c1C. The molecule has 1 aromatic heterocycles. The number of morpholine rings is 1. The lowest BCUT2D eigenvalue weighted by Crippen LogP contribution is -2.32. The van der Waals surface area contributed by atoms with Crippen LogP contribution in [0.1, 0.15) is 22.5 Å². The number of methoxy groups -OCH3 is 1. The molecule has 0 amide bonds. The number of aromatic nitrogens is 2. The number of benzene rings is 1. The number of halogens is 1. The van der Waals surface area contributed by atoms with Crippen LogP contribution >= 0.6 is 15.9 Å². The van der Waals surface area contributed by atoms with Crippen LogP contribution in [0.15, 0.2) is 27.8 Å². The van der Waals surface area contributed by atoms with E-state index in [4.69, 9.17) is 9.47 Å². The molecule has 0 radical (unpaired) electrons. The Morgan fingerprint density at radius 1 is 1.32 bits per heavy atom. The van der Waals surface area contributed by atoms with Crippen molar-refractivity contribution in [1.29, 1.82) is 0 Å². The largest absolute Gasteiger partial charge is 0.496 e. The Morgan fingerprint density at radius 2 is 2.08 bits per heavy atom. The van der Waals surface area contributed by atoms with E-state index in [1.165, 1.54) is 0 Å². The van der Waals surface area contributed by atoms with Gasteiger partial charge in [0.15, 0.2) is 0 Å². The van der Waals surface area contributed by atoms with Crippen molar-refractivity contribution in [2.45, 2.75) is 20.4 Å². The van der Waals surface area contributed by atoms with E-state index >= 15 is 0 Å². The molecule has 0 atom stereocenters. The smallest absolute Gasteiger partial charge is 0.123 e. The van der Waals surface area contributed by atoms with Gasteiger partial charge in [0, 0.05) is 5.56 Å². The zero-order valence-corrected chi connectivity index (χ0v) is 16.4. The first-order valence-electron chi connectivity index (χ1n) is 8.31. The zero-order valence-electron chi connectivity index (χ0n) is 14.8. The normalized spacial score (nSPS) is 15.1. The maximum Gasteiger partial charge on any atom is 0.123 e. The number of ether oxygens (including phenoxy) is 2. The highest BCUT2D eigenvalue weighted by atomic mass is 79.9. The molecule has 2 aromatic rings. The lowest BCUT2D eigenvalue weighted by Gasteiger charge is -2.23. The lowest BCUT2D eigenvalue weighted by molar-refractivity contribution is 0.0397. The number of hydrazone groups is 1. The van der Waals surface area contributed by atoms with Crippen LogP contribution in [0.5, 0.6) is 5.75 Å². The summed E-state index contributed by atoms with van der Waals surface area (Å²) in [7, 11) is 1.69. The molecule has 0 unspecified atom stereocenters. The Kier molecular flexibility index (Phi) is 5.75. The minimum atomic E-state index is 0.653. The quantitative estimate of drug-likeness (QED) is 0.716. The number of nitrogens with zero attached hydrogens (tertiary/aromatic N) is 4. The first-order chi connectivity index (χ1) is 12.1. The van der Waals surface area contributed by atoms with E-state index in [-0.39, 0.29) is 0 Å². The van der Waals surface area contributed by atoms with Crippen molar-refractivity contribution in [1.82, 2.24) is 14.8 Å². The molecule has 134 valence electrons. The summed E-state index contributed by atoms with van der Waals surface area (Å²) in [6, 6.07) is 6.10. The summed E-state index contributed by atoms with van der Waals surface area (Å²) < 4.78 is 13.9. The van der Waals surface area contributed by atoms with Gasteiger partial charge in [0.2, 0.25) is 0 Å². The molecule has 25 heavy (non-hydrogen) atoms. The molecule has 0 spiro atoms. The zero-order chi connectivity index (χ0) is 17.8. The Balaban J connectivity index is 1.82. The molecule has 1 aromatic carbocycles. The van der Waals surface area contributed by atoms with Crippen molar-refractivity contribution < 1.29 is 9.47 Å². The van der Waals surface area contributed by atoms with E-state index in [0.29, 0.717) is 6.54 Å². The van der Waals surface area contributed by atoms with Gasteiger partial charge in [-0.25, -0.2) is 0 Å². The van der Waals surface area contributed by atoms with Crippen LogP contribution in [-0.4, -0.2) is 54.4 Å². The Morgan fingerprint density at radius 3 is 2.72 bits per heavy atom. The van der Waals surface area contributed by atoms with Gasteiger partial charge < -0.3 is 9.47 Å². The van der Waals surface area contributed by atoms with Crippen molar-refractivity contribution in [2.75, 3.05) is 33.4 Å². The molecule has 1 aliphatic rings. The van der Waals surface area contributed by atoms with Gasteiger partial charge in [-0.1, -0.05) is 0 Å². The number of hydrogen-bond donors (Lipinski definition) is 0. The van der Waals surface area contributed by atoms with Crippen LogP contribution in [0, 0.1) is 13.8 Å². The van der Waals surface area contributed by atoms with E-state index in [9.17, 15) is 0 Å². The molecule has 1 saturated heterocycles. The second-order valence-electron chi connectivity index (χ2n) is 6.02. The number of hydrogen-bond acceptors (Lipinski definition) is 5. The molecule has 0 bridgehead atoms. The summed E-state index contributed by atoms with van der Waals surface area (Å²) in [5.41, 5.74) is 4.21. The second-order valence-corrected chi connectivity index (χ2v) is 6.82. The van der Waals surface area contributed by atoms with Crippen molar-refractivity contribution >= 4 is 22.1 Å². The van der Waals surface area contributed by atoms with Gasteiger partial charge in [0.25, 0.3) is 0 Å². The van der Waals surface area contributed by atoms with Crippen molar-refractivity contribution in [2.24, 2.45) is 5.10 Å². The predicted molar refractivity (Wildman–Crippen MR) is 101 cm³/mol. The monoisotopic (exact) mass is 406 g/mol. The number of aryl methyl sites for hydroxylation is 1. The number of rotatable bonds is 5. The maximum absolute atomic E-state index is 5.52. The van der Waals surface area contributed by atoms with Crippen LogP contribution in [0.3, 0.4) is 0 Å². The first-order valence-corrected chi connectivity index (χ1v) is 9.11. The third kappa shape index (κ3) is 4.22. The van der Waals surface area contributed by atoms with E-state index in [2.05, 4.69) is 39.1 Å². The Labute approximate surface area is 156 Å². The summed E-state index contributed by atoms with van der Waals surface area (Å²) in [5.74, 6) is 0.854. The molecular weight excluding hydrogens is 384 g/mol. The van der Waals surface area contributed by atoms with Crippen LogP contribution in [0.25, 0.3) is 0 Å². The molecule has 1 aliphatic heterocycles. The lowest BCUT2D eigenvalue weighted by atomic mass is 10.1. The molecule has 6 nitrogen and oxygen atoms in total. The van der Waals surface area contributed by atoms with Crippen LogP contribution in [0.4, 0.5) is 0 Å². The van der Waals surface area contributed by atoms with Gasteiger partial charge in [0.05, 0.1) is 62.0 Å². The Bertz CT molecular complexity index is 767. The minimum Gasteiger partial charge on any atom is -0.496 e. The second kappa shape index (κ2) is 8.01. The maximum atomic E-state index is 5.52. The molecular formula is C18H23BrN4O2. The van der Waals surface area contributed by atoms with Gasteiger partial charge in [0.1, 0.15) is 5.75 Å². The standard InChI is InChI=1S/C18H23BrN4O2/c1-13-18(19)14(2)23(21-13)12-16-10-15(4-5-17(16)24-3)11-20-22-6-8-25-9-7-22/h4-5,10-11H,6-9,12H2,1-3H3. The van der Waals surface area contributed by atoms with Crippen LogP contribution in [-0.2, 0) is 11.3 Å². The molecule has 2 heterocycles. The molecule has 0 aliphatic carbocycles. The van der Waals surface area contributed by atoms with Gasteiger partial charge in [-0.15, -0.1) is 0 Å². The summed E-state index contributed by atoms with van der Waals surface area (Å²) in [6.45, 7) is 7.84. The fourth-order valence-electron chi connectivity index (χ4n) is 2.81. The topological polar surface area (TPSA) is 51.9 Å². The molecule has 0 N–H and O–H groups in total. The molecule has 3 rings (SSSR count). The van der Waals surface area contributed by atoms with Crippen LogP contribution < -0.4 is 4.74 Å². The average molecular weight is 407 g/mol. The summed E-state index contributed by atoms with van der Waals surface area (Å²) in [4.78, 5) is 0. The fourth-order valence-corrected chi connectivity index (χ4v) is 3.09. The van der Waals surface area contributed by atoms with E-state index < -0.39 is 0 Å². The summed E-state index contributed by atoms with van der Waals surface area (Å²) >= 11 is 3.58. The first kappa shape index (κ1) is 17.9. The van der Waals surface area contributed by atoms with Crippen LogP contribution in [0.2, 0.25) is 0 Å². The summed E-state index contributed by atoms with van der Waals surface area (Å²) in [6.07, 6.45) is 1.89. The highest BCUT2D eigenvalue weighted by molar-refractivity contribution is 9.10. The fraction of sp³-hybridized carbons (Fsp3) is 0.444. The van der Waals surface area contributed by atoms with Crippen molar-refractivity contribution in [3.63, 3.8) is 0 Å². The van der Waals surface area contributed by atoms with E-state index in [0.717, 1.165) is 59.0 Å². The third-order valence-electron chi connectivity index (χ3n) is 4.28. The van der Waals surface area contributed by atoms with Gasteiger partial charge in [-0.05, 0) is 53.5 Å². The van der Waals surface area contributed by atoms with E-state index in [1.807, 2.05) is 35.0 Å². The highest BCUT2D eigenvalue weighted by Crippen LogP contribution is 2.24. The van der Waals surface area contributed by atoms with Gasteiger partial charge in [-0.3, -0.25) is 9.69 Å². The van der Waals surface area contributed by atoms with E-state index in [1.54, 1.807) is 7.11 Å². The Hall–Kier alpha value is -1.86. The average Bonchev–Trinajstić information content (AvgIpc) is 2.88. The van der Waals surface area contributed by atoms with Gasteiger partial charge in [-0.2, -0.15) is 10.2 Å². The molecule has 0 saturated carbocycles. The molecule has 1 fully saturated rings. The van der Waals surface area contributed by atoms with Gasteiger partial charge >= 0.3 is 0 Å². The third-order valence-corrected chi connectivity index (χ3v) is 5.42.